The van der Waals surface area contributed by atoms with Crippen molar-refractivity contribution in [1.82, 2.24) is 14.8 Å². The molecule has 1 aromatic heterocycles. The lowest BCUT2D eigenvalue weighted by molar-refractivity contribution is -0.111. The first-order valence-corrected chi connectivity index (χ1v) is 5.09. The van der Waals surface area contributed by atoms with Gasteiger partial charge in [0, 0.05) is 24.8 Å². The molecule has 0 N–H and O–H groups in total. The molecule has 0 aromatic carbocycles. The van der Waals surface area contributed by atoms with Crippen molar-refractivity contribution in [3.05, 3.63) is 11.6 Å². The number of hydrogen-bond acceptors (Lipinski definition) is 3. The van der Waals surface area contributed by atoms with Gasteiger partial charge in [0.1, 0.15) is 17.9 Å². The van der Waals surface area contributed by atoms with Gasteiger partial charge in [-0.05, 0) is 6.42 Å². The van der Waals surface area contributed by atoms with Gasteiger partial charge in [-0.25, -0.2) is 0 Å². The highest BCUT2D eigenvalue weighted by atomic mass is 16.1. The summed E-state index contributed by atoms with van der Waals surface area (Å²) in [5.74, 6) is 2.57. The summed E-state index contributed by atoms with van der Waals surface area (Å²) in [5, 5.41) is 8.31. The highest BCUT2D eigenvalue weighted by Crippen LogP contribution is 2.22. The molecule has 1 atom stereocenters. The Balaban J connectivity index is 2.32. The molecule has 76 valence electrons. The Morgan fingerprint density at radius 1 is 1.50 bits per heavy atom. The molecular weight excluding hydrogens is 178 g/mol. The molecule has 0 spiro atoms. The van der Waals surface area contributed by atoms with Gasteiger partial charge in [-0.3, -0.25) is 0 Å². The van der Waals surface area contributed by atoms with E-state index in [-0.39, 0.29) is 5.92 Å². The van der Waals surface area contributed by atoms with Crippen LogP contribution in [-0.2, 0) is 17.8 Å². The summed E-state index contributed by atoms with van der Waals surface area (Å²) >= 11 is 0. The number of aldehydes is 1. The van der Waals surface area contributed by atoms with Gasteiger partial charge in [-0.1, -0.05) is 13.8 Å². The molecule has 0 saturated heterocycles. The van der Waals surface area contributed by atoms with E-state index < -0.39 is 0 Å². The third-order valence-corrected chi connectivity index (χ3v) is 2.72. The van der Waals surface area contributed by atoms with Gasteiger partial charge < -0.3 is 9.36 Å². The molecule has 0 bridgehead atoms. The second-order valence-corrected chi connectivity index (χ2v) is 4.17. The maximum absolute atomic E-state index is 10.7. The molecule has 4 nitrogen and oxygen atoms in total. The monoisotopic (exact) mass is 193 g/mol. The zero-order valence-electron chi connectivity index (χ0n) is 8.60. The molecule has 1 aliphatic rings. The Morgan fingerprint density at radius 2 is 2.29 bits per heavy atom. The first-order chi connectivity index (χ1) is 6.72. The lowest BCUT2D eigenvalue weighted by Gasteiger charge is -2.20. The Kier molecular flexibility index (Phi) is 2.35. The number of rotatable bonds is 2. The van der Waals surface area contributed by atoms with Crippen molar-refractivity contribution in [2.24, 2.45) is 5.92 Å². The Labute approximate surface area is 83.3 Å². The summed E-state index contributed by atoms with van der Waals surface area (Å²) in [6, 6.07) is 0. The SMILES string of the molecule is CC(C)c1nnc2n1CC(C=O)CC2. The first kappa shape index (κ1) is 9.37. The quantitative estimate of drug-likeness (QED) is 0.662. The predicted molar refractivity (Wildman–Crippen MR) is 52.0 cm³/mol. The van der Waals surface area contributed by atoms with E-state index in [0.717, 1.165) is 37.3 Å². The molecule has 1 aliphatic heterocycles. The smallest absolute Gasteiger partial charge is 0.135 e. The number of aromatic nitrogens is 3. The number of carbonyl (C=O) groups is 1. The molecule has 4 heteroatoms. The summed E-state index contributed by atoms with van der Waals surface area (Å²) in [5.41, 5.74) is 0. The molecule has 2 rings (SSSR count). The van der Waals surface area contributed by atoms with Crippen LogP contribution >= 0.6 is 0 Å². The lowest BCUT2D eigenvalue weighted by atomic mass is 10.0. The van der Waals surface area contributed by atoms with Crippen LogP contribution in [0.2, 0.25) is 0 Å². The average molecular weight is 193 g/mol. The molecule has 0 amide bonds. The molecule has 0 fully saturated rings. The van der Waals surface area contributed by atoms with Gasteiger partial charge in [0.15, 0.2) is 0 Å². The largest absolute Gasteiger partial charge is 0.314 e. The zero-order valence-corrected chi connectivity index (χ0v) is 8.60. The molecule has 2 heterocycles. The molecule has 0 saturated carbocycles. The highest BCUT2D eigenvalue weighted by Gasteiger charge is 2.23. The van der Waals surface area contributed by atoms with Crippen LogP contribution in [0.15, 0.2) is 0 Å². The summed E-state index contributed by atoms with van der Waals surface area (Å²) in [4.78, 5) is 10.7. The van der Waals surface area contributed by atoms with Crippen LogP contribution in [0.3, 0.4) is 0 Å². The summed E-state index contributed by atoms with van der Waals surface area (Å²) in [7, 11) is 0. The zero-order chi connectivity index (χ0) is 10.1. The average Bonchev–Trinajstić information content (AvgIpc) is 2.59. The summed E-state index contributed by atoms with van der Waals surface area (Å²) in [6.45, 7) is 4.96. The van der Waals surface area contributed by atoms with Gasteiger partial charge in [-0.15, -0.1) is 10.2 Å². The van der Waals surface area contributed by atoms with Crippen LogP contribution < -0.4 is 0 Å². The molecule has 1 aromatic rings. The van der Waals surface area contributed by atoms with Gasteiger partial charge in [0.2, 0.25) is 0 Å². The number of nitrogens with zero attached hydrogens (tertiary/aromatic N) is 3. The van der Waals surface area contributed by atoms with Crippen molar-refractivity contribution >= 4 is 6.29 Å². The van der Waals surface area contributed by atoms with Crippen molar-refractivity contribution in [3.63, 3.8) is 0 Å². The van der Waals surface area contributed by atoms with E-state index in [1.165, 1.54) is 0 Å². The van der Waals surface area contributed by atoms with Crippen molar-refractivity contribution in [2.45, 2.75) is 39.2 Å². The third-order valence-electron chi connectivity index (χ3n) is 2.72. The maximum atomic E-state index is 10.7. The van der Waals surface area contributed by atoms with E-state index >= 15 is 0 Å². The normalized spacial score (nSPS) is 20.9. The van der Waals surface area contributed by atoms with E-state index in [2.05, 4.69) is 28.6 Å². The van der Waals surface area contributed by atoms with E-state index in [9.17, 15) is 4.79 Å². The van der Waals surface area contributed by atoms with Crippen LogP contribution in [0.4, 0.5) is 0 Å². The molecule has 14 heavy (non-hydrogen) atoms. The van der Waals surface area contributed by atoms with Crippen LogP contribution in [-0.4, -0.2) is 21.1 Å². The second-order valence-electron chi connectivity index (χ2n) is 4.17. The van der Waals surface area contributed by atoms with Gasteiger partial charge in [0.25, 0.3) is 0 Å². The van der Waals surface area contributed by atoms with E-state index in [1.54, 1.807) is 0 Å². The maximum Gasteiger partial charge on any atom is 0.135 e. The van der Waals surface area contributed by atoms with Crippen LogP contribution in [0, 0.1) is 5.92 Å². The lowest BCUT2D eigenvalue weighted by Crippen LogP contribution is -2.23. The molecule has 1 unspecified atom stereocenters. The van der Waals surface area contributed by atoms with Gasteiger partial charge >= 0.3 is 0 Å². The van der Waals surface area contributed by atoms with E-state index in [1.807, 2.05) is 0 Å². The minimum absolute atomic E-state index is 0.149. The fourth-order valence-electron chi connectivity index (χ4n) is 1.91. The standard InChI is InChI=1S/C10H15N3O/c1-7(2)10-12-11-9-4-3-8(6-14)5-13(9)10/h6-8H,3-5H2,1-2H3. The third kappa shape index (κ3) is 1.45. The minimum atomic E-state index is 0.149. The summed E-state index contributed by atoms with van der Waals surface area (Å²) in [6.07, 6.45) is 2.84. The fraction of sp³-hybridized carbons (Fsp3) is 0.700. The Hall–Kier alpha value is -1.19. The molecule has 0 aliphatic carbocycles. The van der Waals surface area contributed by atoms with Crippen LogP contribution in [0.1, 0.15) is 37.8 Å². The van der Waals surface area contributed by atoms with Crippen molar-refractivity contribution in [1.29, 1.82) is 0 Å². The summed E-state index contributed by atoms with van der Waals surface area (Å²) < 4.78 is 2.10. The van der Waals surface area contributed by atoms with E-state index in [4.69, 9.17) is 0 Å². The minimum Gasteiger partial charge on any atom is -0.314 e. The number of aryl methyl sites for hydroxylation is 1. The van der Waals surface area contributed by atoms with E-state index in [0.29, 0.717) is 5.92 Å². The Morgan fingerprint density at radius 3 is 2.93 bits per heavy atom. The molecule has 0 radical (unpaired) electrons. The number of carbonyl (C=O) groups excluding carboxylic acids is 1. The molecular formula is C10H15N3O. The highest BCUT2D eigenvalue weighted by molar-refractivity contribution is 5.53. The van der Waals surface area contributed by atoms with Crippen molar-refractivity contribution in [3.8, 4) is 0 Å². The Bertz CT molecular complexity index is 343. The van der Waals surface area contributed by atoms with Crippen molar-refractivity contribution < 1.29 is 4.79 Å². The number of fused-ring (bicyclic) bond motifs is 1. The van der Waals surface area contributed by atoms with Crippen molar-refractivity contribution in [2.75, 3.05) is 0 Å². The van der Waals surface area contributed by atoms with Crippen LogP contribution in [0.25, 0.3) is 0 Å². The van der Waals surface area contributed by atoms with Gasteiger partial charge in [0.05, 0.1) is 0 Å². The predicted octanol–water partition coefficient (Wildman–Crippen LogP) is 1.16. The number of hydrogen-bond donors (Lipinski definition) is 0. The topological polar surface area (TPSA) is 47.8 Å². The van der Waals surface area contributed by atoms with Crippen LogP contribution in [0.5, 0.6) is 0 Å². The second kappa shape index (κ2) is 3.52. The fourth-order valence-corrected chi connectivity index (χ4v) is 1.91. The first-order valence-electron chi connectivity index (χ1n) is 5.09. The van der Waals surface area contributed by atoms with Gasteiger partial charge in [-0.2, -0.15) is 0 Å².